The lowest BCUT2D eigenvalue weighted by molar-refractivity contribution is -0.0688. The maximum absolute atomic E-state index is 13.1. The lowest BCUT2D eigenvalue weighted by Crippen LogP contribution is -2.11. The smallest absolute Gasteiger partial charge is 0.338 e. The SMILES string of the molecule is Brc1ccn(-c2nccc3cc(Nc4n[nH]c5cccnc45)ccc23)n1.C=C(c1nc(C)cc2cc(Nc3n[nH]c4cccnc34)ccc12)C(F)(F)F.Cc1cn(-c2nccc3cc(Nc4n[nH]c5cccnc45)ccc23)c(C)n1.FC(F)c1nccc2cc(Nc3n[nH]c4ccccc34)ccc12. The van der Waals surface area contributed by atoms with E-state index in [9.17, 15) is 22.0 Å². The normalized spacial score (nSPS) is 11.5. The second kappa shape index (κ2) is 27.7. The number of imidazole rings is 1. The van der Waals surface area contributed by atoms with E-state index in [1.54, 1.807) is 84.9 Å². The Labute approximate surface area is 588 Å². The zero-order valence-electron chi connectivity index (χ0n) is 54.5. The minimum Gasteiger partial charge on any atom is -0.338 e. The Morgan fingerprint density at radius 1 is 0.456 bits per heavy atom. The maximum atomic E-state index is 13.1. The highest BCUT2D eigenvalue weighted by molar-refractivity contribution is 9.10. The fraction of sp³-hybridized carbons (Fsp3) is 0.0676. The molecule has 103 heavy (non-hydrogen) atoms. The molecule has 0 aliphatic heterocycles. The summed E-state index contributed by atoms with van der Waals surface area (Å²) < 4.78 is 69.8. The van der Waals surface area contributed by atoms with E-state index in [4.69, 9.17) is 0 Å². The Kier molecular flexibility index (Phi) is 17.6. The molecule has 29 heteroatoms. The van der Waals surface area contributed by atoms with Gasteiger partial charge in [-0.2, -0.15) is 38.7 Å². The van der Waals surface area contributed by atoms with Gasteiger partial charge in [-0.15, -0.1) is 0 Å². The number of nitrogens with zero attached hydrogens (tertiary/aromatic N) is 15. The first kappa shape index (κ1) is 65.5. The molecule has 18 aromatic rings. The van der Waals surface area contributed by atoms with Gasteiger partial charge in [0.2, 0.25) is 0 Å². The van der Waals surface area contributed by atoms with Crippen molar-refractivity contribution in [2.75, 3.05) is 21.3 Å². The molecule has 0 amide bonds. The van der Waals surface area contributed by atoms with Crippen molar-refractivity contribution in [3.8, 4) is 11.6 Å². The number of nitrogens with one attached hydrogen (secondary N) is 8. The van der Waals surface area contributed by atoms with Crippen molar-refractivity contribution in [3.05, 3.63) is 253 Å². The number of fused-ring (bicyclic) bond motifs is 8. The first-order chi connectivity index (χ1) is 50.0. The van der Waals surface area contributed by atoms with Crippen molar-refractivity contribution in [1.82, 2.24) is 95.0 Å². The van der Waals surface area contributed by atoms with Gasteiger partial charge in [0.15, 0.2) is 29.1 Å². The van der Waals surface area contributed by atoms with Crippen LogP contribution in [0.3, 0.4) is 0 Å². The van der Waals surface area contributed by atoms with Crippen molar-refractivity contribution in [2.45, 2.75) is 33.4 Å². The van der Waals surface area contributed by atoms with Crippen LogP contribution in [-0.2, 0) is 0 Å². The van der Waals surface area contributed by atoms with Gasteiger partial charge in [-0.05, 0) is 198 Å². The summed E-state index contributed by atoms with van der Waals surface area (Å²) in [6, 6.07) is 50.9. The summed E-state index contributed by atoms with van der Waals surface area (Å²) in [6.45, 7) is 8.80. The van der Waals surface area contributed by atoms with Crippen LogP contribution in [0.2, 0.25) is 0 Å². The number of para-hydroxylation sites is 1. The molecule has 23 nitrogen and oxygen atoms in total. The van der Waals surface area contributed by atoms with E-state index in [-0.39, 0.29) is 11.4 Å². The number of aromatic nitrogens is 19. The van der Waals surface area contributed by atoms with Crippen molar-refractivity contribution in [3.63, 3.8) is 0 Å². The fourth-order valence-electron chi connectivity index (χ4n) is 11.8. The number of aromatic amines is 4. The summed E-state index contributed by atoms with van der Waals surface area (Å²) in [5.41, 5.74) is 9.28. The maximum Gasteiger partial charge on any atom is 0.417 e. The molecule has 13 heterocycles. The summed E-state index contributed by atoms with van der Waals surface area (Å²) in [7, 11) is 0. The van der Waals surface area contributed by atoms with E-state index in [1.165, 1.54) is 6.20 Å². The molecule has 0 unspecified atom stereocenters. The number of rotatable bonds is 12. The number of H-pyrrole nitrogens is 4. The third-order valence-corrected chi connectivity index (χ3v) is 17.0. The van der Waals surface area contributed by atoms with Crippen LogP contribution >= 0.6 is 15.9 Å². The van der Waals surface area contributed by atoms with Crippen molar-refractivity contribution in [1.29, 1.82) is 0 Å². The summed E-state index contributed by atoms with van der Waals surface area (Å²) >= 11 is 3.37. The molecule has 0 atom stereocenters. The third kappa shape index (κ3) is 13.8. The number of alkyl halides is 5. The van der Waals surface area contributed by atoms with Crippen LogP contribution in [-0.4, -0.2) is 101 Å². The number of allylic oxidation sites excluding steroid dienone is 1. The zero-order chi connectivity index (χ0) is 70.9. The first-order valence-corrected chi connectivity index (χ1v) is 32.6. The molecular weight excluding hydrogens is 1390 g/mol. The molecule has 0 spiro atoms. The average Bonchev–Trinajstić information content (AvgIpc) is 1.46. The van der Waals surface area contributed by atoms with Crippen molar-refractivity contribution < 1.29 is 22.0 Å². The quantitative estimate of drug-likeness (QED) is 0.0528. The minimum absolute atomic E-state index is 0.157. The van der Waals surface area contributed by atoms with Gasteiger partial charge in [-0.25, -0.2) is 28.4 Å². The Balaban J connectivity index is 0.000000111. The number of aryl methyl sites for hydroxylation is 3. The zero-order valence-corrected chi connectivity index (χ0v) is 56.1. The molecule has 508 valence electrons. The summed E-state index contributed by atoms with van der Waals surface area (Å²) in [6.07, 6.45) is 6.93. The summed E-state index contributed by atoms with van der Waals surface area (Å²) in [5, 5.41) is 53.7. The van der Waals surface area contributed by atoms with Crippen LogP contribution in [0.25, 0.3) is 104 Å². The van der Waals surface area contributed by atoms with E-state index >= 15 is 0 Å². The highest BCUT2D eigenvalue weighted by Gasteiger charge is 2.35. The van der Waals surface area contributed by atoms with Gasteiger partial charge in [-0.3, -0.25) is 49.9 Å². The number of hydrogen-bond acceptors (Lipinski definition) is 17. The van der Waals surface area contributed by atoms with E-state index < -0.39 is 18.2 Å². The minimum atomic E-state index is -4.54. The number of halogens is 6. The van der Waals surface area contributed by atoms with Gasteiger partial charge < -0.3 is 21.3 Å². The average molecular weight is 1440 g/mol. The second-order valence-electron chi connectivity index (χ2n) is 23.5. The van der Waals surface area contributed by atoms with Gasteiger partial charge in [0.1, 0.15) is 38.5 Å². The van der Waals surface area contributed by atoms with Gasteiger partial charge in [-0.1, -0.05) is 30.8 Å². The molecule has 8 N–H and O–H groups in total. The van der Waals surface area contributed by atoms with E-state index in [0.717, 1.165) is 105 Å². The van der Waals surface area contributed by atoms with Gasteiger partial charge in [0.05, 0.1) is 39.0 Å². The van der Waals surface area contributed by atoms with Crippen LogP contribution < -0.4 is 21.3 Å². The molecule has 0 fully saturated rings. The van der Waals surface area contributed by atoms with E-state index in [0.29, 0.717) is 61.7 Å². The fourth-order valence-corrected chi connectivity index (χ4v) is 12.1. The number of pyridine rings is 7. The lowest BCUT2D eigenvalue weighted by Gasteiger charge is -2.14. The summed E-state index contributed by atoms with van der Waals surface area (Å²) in [5.74, 6) is 5.23. The van der Waals surface area contributed by atoms with Crippen LogP contribution in [0.1, 0.15) is 35.0 Å². The highest BCUT2D eigenvalue weighted by atomic mass is 79.9. The topological polar surface area (TPSA) is 289 Å². The molecule has 13 aromatic heterocycles. The molecule has 0 saturated carbocycles. The van der Waals surface area contributed by atoms with Crippen LogP contribution in [0.15, 0.2) is 225 Å². The standard InChI is InChI=1S/C20H17N7.C19H14F3N5.C18H12BrN7.C17H12F2N4/c1-12-11-27(13(2)23-12)20-16-6-5-15(10-14(16)7-9-22-20)24-19-18-17(25-26-19)4-3-8-21-18;1-10-8-12-9-13(25-18-17-15(26-27-18)4-3-7-23-17)5-6-14(12)16(24-10)11(2)19(20,21)22;19-15-6-9-26(25-15)18-13-4-3-12(10-11(13)5-8-21-18)22-17-16-14(23-24-17)2-1-7-20-16;18-16(19)15-12-6-5-11(9-10(12)7-8-20-15)21-17-13-3-1-2-4-14(13)22-23-17/h3-11H,1-2H3,(H2,24,25,26);3-9H,2H2,1H3,(H2,25,26,27);1-10H,(H2,22,23,24);1-9,16H,(H2,21,22,23). The van der Waals surface area contributed by atoms with Crippen molar-refractivity contribution in [2.24, 2.45) is 0 Å². The third-order valence-electron chi connectivity index (χ3n) is 16.6. The molecular formula is C74H55BrF5N23. The van der Waals surface area contributed by atoms with E-state index in [1.807, 2.05) is 134 Å². The van der Waals surface area contributed by atoms with Crippen LogP contribution in [0.5, 0.6) is 0 Å². The van der Waals surface area contributed by atoms with Crippen molar-refractivity contribution >= 4 is 155 Å². The number of benzene rings is 5. The van der Waals surface area contributed by atoms with Crippen LogP contribution in [0, 0.1) is 20.8 Å². The molecule has 18 rings (SSSR count). The lowest BCUT2D eigenvalue weighted by atomic mass is 10.0. The Morgan fingerprint density at radius 3 is 1.45 bits per heavy atom. The molecule has 0 aliphatic rings. The second-order valence-corrected chi connectivity index (χ2v) is 24.3. The Morgan fingerprint density at radius 2 is 0.922 bits per heavy atom. The Hall–Kier alpha value is -13.4. The van der Waals surface area contributed by atoms with Gasteiger partial charge >= 0.3 is 6.18 Å². The molecule has 5 aromatic carbocycles. The van der Waals surface area contributed by atoms with Crippen LogP contribution in [0.4, 0.5) is 68.0 Å². The highest BCUT2D eigenvalue weighted by Crippen LogP contribution is 2.38. The predicted molar refractivity (Wildman–Crippen MR) is 394 cm³/mol. The molecule has 0 radical (unpaired) electrons. The molecule has 0 saturated heterocycles. The van der Waals surface area contributed by atoms with Gasteiger partial charge in [0.25, 0.3) is 6.43 Å². The molecule has 0 aliphatic carbocycles. The van der Waals surface area contributed by atoms with E-state index in [2.05, 4.69) is 148 Å². The summed E-state index contributed by atoms with van der Waals surface area (Å²) in [4.78, 5) is 34.4. The largest absolute Gasteiger partial charge is 0.417 e. The molecule has 0 bridgehead atoms. The Bertz CT molecular complexity index is 6190. The monoisotopic (exact) mass is 1440 g/mol. The van der Waals surface area contributed by atoms with Gasteiger partial charge in [0, 0.05) is 105 Å². The number of hydrogen-bond donors (Lipinski definition) is 8. The number of anilines is 8. The first-order valence-electron chi connectivity index (χ1n) is 31.8. The predicted octanol–water partition coefficient (Wildman–Crippen LogP) is 18.2.